The minimum absolute atomic E-state index is 0.162. The van der Waals surface area contributed by atoms with Crippen LogP contribution in [-0.2, 0) is 14.3 Å². The Kier molecular flexibility index (Phi) is 7.09. The van der Waals surface area contributed by atoms with Crippen LogP contribution >= 0.6 is 0 Å². The molecule has 2 amide bonds. The predicted octanol–water partition coefficient (Wildman–Crippen LogP) is 5.20. The Bertz CT molecular complexity index is 1370. The van der Waals surface area contributed by atoms with Gasteiger partial charge in [-0.15, -0.1) is 0 Å². The molecule has 3 aromatic carbocycles. The van der Waals surface area contributed by atoms with Crippen molar-refractivity contribution >= 4 is 29.3 Å². The summed E-state index contributed by atoms with van der Waals surface area (Å²) in [6.45, 7) is 1.51. The Morgan fingerprint density at radius 2 is 1.55 bits per heavy atom. The molecule has 0 N–H and O–H groups in total. The van der Waals surface area contributed by atoms with Gasteiger partial charge in [-0.3, -0.25) is 19.3 Å². The third-order valence-electron chi connectivity index (χ3n) is 7.56. The predicted molar refractivity (Wildman–Crippen MR) is 141 cm³/mol. The van der Waals surface area contributed by atoms with E-state index in [9.17, 15) is 19.2 Å². The maximum absolute atomic E-state index is 13.4. The van der Waals surface area contributed by atoms with Crippen LogP contribution in [0.5, 0.6) is 5.75 Å². The number of amides is 2. The Morgan fingerprint density at radius 1 is 0.842 bits per heavy atom. The van der Waals surface area contributed by atoms with Crippen LogP contribution in [0.3, 0.4) is 0 Å². The van der Waals surface area contributed by atoms with E-state index in [2.05, 4.69) is 12.1 Å². The number of ether oxygens (including phenoxy) is 2. The van der Waals surface area contributed by atoms with Crippen molar-refractivity contribution in [3.63, 3.8) is 0 Å². The molecule has 5 rings (SSSR count). The monoisotopic (exact) mass is 511 g/mol. The van der Waals surface area contributed by atoms with Gasteiger partial charge >= 0.3 is 5.97 Å². The molecule has 0 unspecified atom stereocenters. The molecular weight excluding hydrogens is 482 g/mol. The van der Waals surface area contributed by atoms with E-state index >= 15 is 0 Å². The molecule has 0 bridgehead atoms. The summed E-state index contributed by atoms with van der Waals surface area (Å²) in [6.07, 6.45) is 1.11. The van der Waals surface area contributed by atoms with Crippen LogP contribution in [0.2, 0.25) is 0 Å². The van der Waals surface area contributed by atoms with Gasteiger partial charge in [0, 0.05) is 5.56 Å². The first-order chi connectivity index (χ1) is 18.4. The lowest BCUT2D eigenvalue weighted by atomic mass is 9.73. The van der Waals surface area contributed by atoms with Crippen molar-refractivity contribution in [3.05, 3.63) is 95.6 Å². The van der Waals surface area contributed by atoms with E-state index in [1.165, 1.54) is 30.6 Å². The minimum Gasteiger partial charge on any atom is -0.497 e. The first kappa shape index (κ1) is 25.4. The Balaban J connectivity index is 1.29. The quantitative estimate of drug-likeness (QED) is 0.246. The van der Waals surface area contributed by atoms with Gasteiger partial charge in [0.15, 0.2) is 6.10 Å². The summed E-state index contributed by atoms with van der Waals surface area (Å²) in [5, 5.41) is 0. The zero-order valence-electron chi connectivity index (χ0n) is 21.3. The molecule has 1 aliphatic carbocycles. The minimum atomic E-state index is -1.02. The number of rotatable bonds is 7. The van der Waals surface area contributed by atoms with E-state index < -0.39 is 12.1 Å². The van der Waals surface area contributed by atoms with Gasteiger partial charge in [0.25, 0.3) is 0 Å². The Hall–Kier alpha value is -4.26. The molecule has 1 saturated carbocycles. The van der Waals surface area contributed by atoms with Crippen LogP contribution in [0, 0.1) is 11.8 Å². The van der Waals surface area contributed by atoms with Crippen LogP contribution < -0.4 is 9.64 Å². The van der Waals surface area contributed by atoms with Gasteiger partial charge in [-0.25, -0.2) is 4.79 Å². The summed E-state index contributed by atoms with van der Waals surface area (Å²) in [4.78, 5) is 53.5. The van der Waals surface area contributed by atoms with Crippen LogP contribution in [0.15, 0.2) is 78.9 Å². The molecule has 3 aromatic rings. The van der Waals surface area contributed by atoms with Gasteiger partial charge in [-0.1, -0.05) is 36.4 Å². The van der Waals surface area contributed by atoms with Gasteiger partial charge in [-0.05, 0) is 80.1 Å². The fraction of sp³-hybridized carbons (Fsp3) is 0.290. The van der Waals surface area contributed by atoms with Crippen LogP contribution in [-0.4, -0.2) is 36.8 Å². The molecule has 7 heteroatoms. The van der Waals surface area contributed by atoms with E-state index in [0.717, 1.165) is 6.42 Å². The number of methoxy groups -OCH3 is 1. The topological polar surface area (TPSA) is 90.0 Å². The second-order valence-corrected chi connectivity index (χ2v) is 9.84. The van der Waals surface area contributed by atoms with Gasteiger partial charge in [0.1, 0.15) is 5.75 Å². The van der Waals surface area contributed by atoms with Crippen molar-refractivity contribution in [2.75, 3.05) is 12.0 Å². The Morgan fingerprint density at radius 3 is 2.26 bits per heavy atom. The highest BCUT2D eigenvalue weighted by molar-refractivity contribution is 6.22. The molecule has 2 aliphatic rings. The highest BCUT2D eigenvalue weighted by Gasteiger charge is 2.50. The summed E-state index contributed by atoms with van der Waals surface area (Å²) in [5.41, 5.74) is 2.08. The van der Waals surface area contributed by atoms with Gasteiger partial charge in [0.05, 0.1) is 30.2 Å². The number of esters is 1. The number of anilines is 1. The number of nitrogens with zero attached hydrogens (tertiary/aromatic N) is 1. The van der Waals surface area contributed by atoms with Crippen molar-refractivity contribution in [3.8, 4) is 5.75 Å². The molecule has 2 fully saturated rings. The molecule has 0 aromatic heterocycles. The highest BCUT2D eigenvalue weighted by atomic mass is 16.5. The van der Waals surface area contributed by atoms with Crippen molar-refractivity contribution in [2.45, 2.75) is 38.2 Å². The number of benzene rings is 3. The molecule has 1 saturated heterocycles. The van der Waals surface area contributed by atoms with Crippen molar-refractivity contribution < 1.29 is 28.7 Å². The maximum atomic E-state index is 13.4. The van der Waals surface area contributed by atoms with E-state index in [0.29, 0.717) is 29.8 Å². The number of imide groups is 1. The third-order valence-corrected chi connectivity index (χ3v) is 7.56. The average Bonchev–Trinajstić information content (AvgIpc) is 3.21. The number of ketones is 1. The molecular formula is C31H29NO6. The number of hydrogen-bond donors (Lipinski definition) is 0. The zero-order chi connectivity index (χ0) is 26.8. The second kappa shape index (κ2) is 10.6. The van der Waals surface area contributed by atoms with Gasteiger partial charge in [0.2, 0.25) is 17.6 Å². The maximum Gasteiger partial charge on any atom is 0.338 e. The smallest absolute Gasteiger partial charge is 0.338 e. The highest BCUT2D eigenvalue weighted by Crippen LogP contribution is 2.45. The molecule has 0 radical (unpaired) electrons. The molecule has 0 spiro atoms. The standard InChI is InChI=1S/C31H29NO6/c1-19(28(33)21-11-14-25(37-2)15-12-21)38-31(36)23-9-6-10-24(17-23)32-29(34)26-16-13-22(18-27(26)30(32)35)20-7-4-3-5-8-20/h3-12,14-15,17,19,22,26-27H,13,16,18H2,1-2H3/t19-,22+,26+,27+/m1/s1. The SMILES string of the molecule is COc1ccc(C(=O)[C@@H](C)OC(=O)c2cccc(N3C(=O)[C@H]4CC[C@H](c5ccccc5)C[C@@H]4C3=O)c2)cc1. The molecule has 38 heavy (non-hydrogen) atoms. The average molecular weight is 512 g/mol. The van der Waals surface area contributed by atoms with E-state index in [1.807, 2.05) is 18.2 Å². The summed E-state index contributed by atoms with van der Waals surface area (Å²) in [5.74, 6) is -1.38. The van der Waals surface area contributed by atoms with Gasteiger partial charge in [-0.2, -0.15) is 0 Å². The molecule has 1 aliphatic heterocycles. The summed E-state index contributed by atoms with van der Waals surface area (Å²) in [6, 6.07) is 22.9. The van der Waals surface area contributed by atoms with Gasteiger partial charge < -0.3 is 9.47 Å². The normalized spacial score (nSPS) is 21.5. The molecule has 7 nitrogen and oxygen atoms in total. The number of carbonyl (C=O) groups excluding carboxylic acids is 4. The molecule has 4 atom stereocenters. The fourth-order valence-electron chi connectivity index (χ4n) is 5.51. The molecule has 1 heterocycles. The first-order valence-electron chi connectivity index (χ1n) is 12.8. The largest absolute Gasteiger partial charge is 0.497 e. The van der Waals surface area contributed by atoms with Crippen molar-refractivity contribution in [2.24, 2.45) is 11.8 Å². The fourth-order valence-corrected chi connectivity index (χ4v) is 5.51. The summed E-state index contributed by atoms with van der Waals surface area (Å²) < 4.78 is 10.5. The number of hydrogen-bond acceptors (Lipinski definition) is 6. The number of Topliss-reactive ketones (excluding diaryl/α,β-unsaturated/α-hetero) is 1. The summed E-state index contributed by atoms with van der Waals surface area (Å²) in [7, 11) is 1.54. The zero-order valence-corrected chi connectivity index (χ0v) is 21.3. The van der Waals surface area contributed by atoms with E-state index in [-0.39, 0.29) is 40.9 Å². The third kappa shape index (κ3) is 4.84. The Labute approximate surface area is 221 Å². The van der Waals surface area contributed by atoms with Crippen LogP contribution in [0.4, 0.5) is 5.69 Å². The second-order valence-electron chi connectivity index (χ2n) is 9.84. The lowest BCUT2D eigenvalue weighted by Gasteiger charge is -2.28. The number of fused-ring (bicyclic) bond motifs is 1. The van der Waals surface area contributed by atoms with E-state index in [4.69, 9.17) is 9.47 Å². The van der Waals surface area contributed by atoms with Crippen molar-refractivity contribution in [1.82, 2.24) is 0 Å². The lowest BCUT2D eigenvalue weighted by Crippen LogP contribution is -2.31. The van der Waals surface area contributed by atoms with Crippen LogP contribution in [0.25, 0.3) is 0 Å². The lowest BCUT2D eigenvalue weighted by molar-refractivity contribution is -0.122. The summed E-state index contributed by atoms with van der Waals surface area (Å²) >= 11 is 0. The molecule has 194 valence electrons. The van der Waals surface area contributed by atoms with Crippen LogP contribution in [0.1, 0.15) is 58.4 Å². The number of carbonyl (C=O) groups is 4. The van der Waals surface area contributed by atoms with E-state index in [1.54, 1.807) is 42.5 Å². The first-order valence-corrected chi connectivity index (χ1v) is 12.8. The van der Waals surface area contributed by atoms with Crippen molar-refractivity contribution in [1.29, 1.82) is 0 Å².